The molecule has 1 atom stereocenters. The summed E-state index contributed by atoms with van der Waals surface area (Å²) < 4.78 is 5.54. The van der Waals surface area contributed by atoms with Gasteiger partial charge in [0.05, 0.1) is 0 Å². The van der Waals surface area contributed by atoms with E-state index in [0.717, 1.165) is 31.1 Å². The van der Waals surface area contributed by atoms with Gasteiger partial charge in [-0.1, -0.05) is 0 Å². The van der Waals surface area contributed by atoms with Crippen molar-refractivity contribution >= 4 is 5.95 Å². The summed E-state index contributed by atoms with van der Waals surface area (Å²) in [6.07, 6.45) is 4.46. The number of nitrogens with zero attached hydrogens (tertiary/aromatic N) is 3. The third-order valence-corrected chi connectivity index (χ3v) is 2.85. The minimum Gasteiger partial charge on any atom is -0.370 e. The van der Waals surface area contributed by atoms with Gasteiger partial charge in [-0.2, -0.15) is 9.97 Å². The molecule has 1 aliphatic heterocycles. The molecule has 1 unspecified atom stereocenters. The van der Waals surface area contributed by atoms with E-state index in [-0.39, 0.29) is 6.10 Å². The van der Waals surface area contributed by atoms with Crippen molar-refractivity contribution in [3.63, 3.8) is 0 Å². The molecule has 2 heterocycles. The summed E-state index contributed by atoms with van der Waals surface area (Å²) in [6, 6.07) is 0. The van der Waals surface area contributed by atoms with Crippen LogP contribution in [0.3, 0.4) is 0 Å². The standard InChI is InChI=1S/C10H14N4O/c11-10-13-8(6-3-4-6)12-9(14-10)7-2-1-5-15-7/h6-7H,1-5H2,(H2,11,12,13,14). The molecule has 0 spiro atoms. The normalized spacial score (nSPS) is 25.7. The zero-order valence-corrected chi connectivity index (χ0v) is 8.52. The van der Waals surface area contributed by atoms with Gasteiger partial charge < -0.3 is 10.5 Å². The van der Waals surface area contributed by atoms with Crippen LogP contribution in [0.15, 0.2) is 0 Å². The van der Waals surface area contributed by atoms with E-state index >= 15 is 0 Å². The van der Waals surface area contributed by atoms with Crippen molar-refractivity contribution in [2.24, 2.45) is 0 Å². The zero-order valence-electron chi connectivity index (χ0n) is 8.52. The monoisotopic (exact) mass is 206 g/mol. The molecular weight excluding hydrogens is 192 g/mol. The highest BCUT2D eigenvalue weighted by Gasteiger charge is 2.29. The largest absolute Gasteiger partial charge is 0.370 e. The van der Waals surface area contributed by atoms with Gasteiger partial charge in [0.25, 0.3) is 0 Å². The smallest absolute Gasteiger partial charge is 0.223 e. The van der Waals surface area contributed by atoms with Gasteiger partial charge in [0.15, 0.2) is 5.82 Å². The highest BCUT2D eigenvalue weighted by atomic mass is 16.5. The molecule has 2 fully saturated rings. The Bertz CT molecular complexity index is 372. The first-order valence-corrected chi connectivity index (χ1v) is 5.46. The van der Waals surface area contributed by atoms with Crippen LogP contribution >= 0.6 is 0 Å². The zero-order chi connectivity index (χ0) is 10.3. The van der Waals surface area contributed by atoms with E-state index in [1.54, 1.807) is 0 Å². The van der Waals surface area contributed by atoms with Gasteiger partial charge >= 0.3 is 0 Å². The Morgan fingerprint density at radius 2 is 1.87 bits per heavy atom. The molecule has 2 N–H and O–H groups in total. The SMILES string of the molecule is Nc1nc(C2CC2)nc(C2CCCO2)n1. The van der Waals surface area contributed by atoms with Gasteiger partial charge in [0, 0.05) is 12.5 Å². The third kappa shape index (κ3) is 1.79. The molecule has 3 rings (SSSR count). The first-order chi connectivity index (χ1) is 7.33. The highest BCUT2D eigenvalue weighted by molar-refractivity contribution is 5.20. The lowest BCUT2D eigenvalue weighted by Crippen LogP contribution is -2.10. The summed E-state index contributed by atoms with van der Waals surface area (Å²) in [5, 5.41) is 0. The summed E-state index contributed by atoms with van der Waals surface area (Å²) in [5.41, 5.74) is 5.67. The lowest BCUT2D eigenvalue weighted by atomic mass is 10.2. The Labute approximate surface area is 88.1 Å². The van der Waals surface area contributed by atoms with E-state index < -0.39 is 0 Å². The van der Waals surface area contributed by atoms with E-state index in [2.05, 4.69) is 15.0 Å². The molecule has 1 saturated heterocycles. The molecule has 0 aromatic carbocycles. The lowest BCUT2D eigenvalue weighted by molar-refractivity contribution is 0.104. The van der Waals surface area contributed by atoms with Crippen LogP contribution in [0.5, 0.6) is 0 Å². The Morgan fingerprint density at radius 3 is 2.53 bits per heavy atom. The van der Waals surface area contributed by atoms with Crippen LogP contribution < -0.4 is 5.73 Å². The van der Waals surface area contributed by atoms with Crippen molar-refractivity contribution in [3.8, 4) is 0 Å². The molecule has 1 aromatic rings. The van der Waals surface area contributed by atoms with Crippen LogP contribution in [0.25, 0.3) is 0 Å². The molecule has 1 aromatic heterocycles. The van der Waals surface area contributed by atoms with Gasteiger partial charge in [0.2, 0.25) is 5.95 Å². The van der Waals surface area contributed by atoms with Crippen LogP contribution in [-0.2, 0) is 4.74 Å². The van der Waals surface area contributed by atoms with Crippen LogP contribution in [0.4, 0.5) is 5.95 Å². The Kier molecular flexibility index (Phi) is 2.05. The van der Waals surface area contributed by atoms with E-state index in [4.69, 9.17) is 10.5 Å². The number of nitrogens with two attached hydrogens (primary N) is 1. The lowest BCUT2D eigenvalue weighted by Gasteiger charge is -2.09. The summed E-state index contributed by atoms with van der Waals surface area (Å²) in [6.45, 7) is 0.801. The van der Waals surface area contributed by atoms with Crippen molar-refractivity contribution < 1.29 is 4.74 Å². The van der Waals surface area contributed by atoms with Crippen LogP contribution in [0.2, 0.25) is 0 Å². The second kappa shape index (κ2) is 3.41. The predicted molar refractivity (Wildman–Crippen MR) is 54.1 cm³/mol. The fourth-order valence-corrected chi connectivity index (χ4v) is 1.88. The van der Waals surface area contributed by atoms with Gasteiger partial charge in [-0.05, 0) is 25.7 Å². The second-order valence-corrected chi connectivity index (χ2v) is 4.19. The molecule has 5 heteroatoms. The maximum absolute atomic E-state index is 5.67. The summed E-state index contributed by atoms with van der Waals surface area (Å²) in [5.74, 6) is 2.42. The molecule has 1 saturated carbocycles. The van der Waals surface area contributed by atoms with Crippen molar-refractivity contribution in [2.45, 2.75) is 37.7 Å². The van der Waals surface area contributed by atoms with E-state index in [9.17, 15) is 0 Å². The van der Waals surface area contributed by atoms with Gasteiger partial charge in [-0.25, -0.2) is 4.98 Å². The number of rotatable bonds is 2. The molecule has 15 heavy (non-hydrogen) atoms. The average Bonchev–Trinajstić information content (AvgIpc) is 2.93. The van der Waals surface area contributed by atoms with Crippen LogP contribution in [0, 0.1) is 0 Å². The highest BCUT2D eigenvalue weighted by Crippen LogP contribution is 2.38. The van der Waals surface area contributed by atoms with Crippen molar-refractivity contribution in [1.82, 2.24) is 15.0 Å². The van der Waals surface area contributed by atoms with Crippen molar-refractivity contribution in [3.05, 3.63) is 11.6 Å². The maximum Gasteiger partial charge on any atom is 0.223 e. The van der Waals surface area contributed by atoms with Gasteiger partial charge in [-0.3, -0.25) is 0 Å². The van der Waals surface area contributed by atoms with Gasteiger partial charge in [-0.15, -0.1) is 0 Å². The van der Waals surface area contributed by atoms with Crippen LogP contribution in [-0.4, -0.2) is 21.6 Å². The summed E-state index contributed by atoms with van der Waals surface area (Å²) in [7, 11) is 0. The molecule has 5 nitrogen and oxygen atoms in total. The predicted octanol–water partition coefficient (Wildman–Crippen LogP) is 1.18. The number of anilines is 1. The first-order valence-electron chi connectivity index (χ1n) is 5.46. The van der Waals surface area contributed by atoms with Crippen molar-refractivity contribution in [2.75, 3.05) is 12.3 Å². The minimum atomic E-state index is 0.0350. The molecule has 80 valence electrons. The molecule has 0 amide bonds. The third-order valence-electron chi connectivity index (χ3n) is 2.85. The Hall–Kier alpha value is -1.23. The van der Waals surface area contributed by atoms with E-state index in [1.165, 1.54) is 12.8 Å². The maximum atomic E-state index is 5.67. The summed E-state index contributed by atoms with van der Waals surface area (Å²) in [4.78, 5) is 12.8. The fraction of sp³-hybridized carbons (Fsp3) is 0.700. The van der Waals surface area contributed by atoms with Crippen molar-refractivity contribution in [1.29, 1.82) is 0 Å². The Balaban J connectivity index is 1.91. The summed E-state index contributed by atoms with van der Waals surface area (Å²) >= 11 is 0. The quantitative estimate of drug-likeness (QED) is 0.786. The molecule has 2 aliphatic rings. The molecule has 1 aliphatic carbocycles. The molecule has 0 radical (unpaired) electrons. The Morgan fingerprint density at radius 1 is 1.07 bits per heavy atom. The number of hydrogen-bond acceptors (Lipinski definition) is 5. The number of aromatic nitrogens is 3. The van der Waals surface area contributed by atoms with Gasteiger partial charge in [0.1, 0.15) is 11.9 Å². The van der Waals surface area contributed by atoms with E-state index in [1.807, 2.05) is 0 Å². The number of hydrogen-bond donors (Lipinski definition) is 1. The van der Waals surface area contributed by atoms with Crippen LogP contribution in [0.1, 0.15) is 49.4 Å². The molecule has 0 bridgehead atoms. The minimum absolute atomic E-state index is 0.0350. The number of ether oxygens (including phenoxy) is 1. The second-order valence-electron chi connectivity index (χ2n) is 4.19. The fourth-order valence-electron chi connectivity index (χ4n) is 1.88. The number of nitrogen functional groups attached to an aromatic ring is 1. The molecular formula is C10H14N4O. The van der Waals surface area contributed by atoms with E-state index in [0.29, 0.717) is 11.9 Å². The average molecular weight is 206 g/mol. The topological polar surface area (TPSA) is 73.9 Å². The first kappa shape index (κ1) is 9.03.